The van der Waals surface area contributed by atoms with Crippen molar-refractivity contribution >= 4 is 34.6 Å². The Morgan fingerprint density at radius 3 is 2.19 bits per heavy atom. The second kappa shape index (κ2) is 12.7. The molecule has 1 saturated heterocycles. The molecule has 0 bridgehead atoms. The predicted octanol–water partition coefficient (Wildman–Crippen LogP) is 7.88. The lowest BCUT2D eigenvalue weighted by atomic mass is 9.44. The zero-order valence-corrected chi connectivity index (χ0v) is 28.5. The van der Waals surface area contributed by atoms with E-state index in [9.17, 15) is 27.9 Å². The van der Waals surface area contributed by atoms with E-state index in [1.165, 1.54) is 11.0 Å². The van der Waals surface area contributed by atoms with E-state index in [1.807, 2.05) is 19.1 Å². The van der Waals surface area contributed by atoms with Gasteiger partial charge < -0.3 is 9.84 Å². The Labute approximate surface area is 303 Å². The van der Waals surface area contributed by atoms with Crippen LogP contribution in [0.4, 0.5) is 18.9 Å². The molecular weight excluding hydrogens is 683 g/mol. The highest BCUT2D eigenvalue weighted by Crippen LogP contribution is 2.64. The van der Waals surface area contributed by atoms with E-state index in [-0.39, 0.29) is 35.7 Å². The molecule has 6 atom stereocenters. The van der Waals surface area contributed by atoms with Crippen LogP contribution < -0.4 is 9.64 Å². The maximum Gasteiger partial charge on any atom is 0.573 e. The minimum atomic E-state index is -5.06. The molecule has 4 aromatic carbocycles. The molecule has 4 aliphatic rings. The van der Waals surface area contributed by atoms with E-state index in [0.29, 0.717) is 22.4 Å². The van der Waals surface area contributed by atoms with E-state index in [2.05, 4.69) is 4.74 Å². The summed E-state index contributed by atoms with van der Waals surface area (Å²) in [6.07, 6.45) is -1.07. The van der Waals surface area contributed by atoms with Crippen molar-refractivity contribution in [3.05, 3.63) is 143 Å². The van der Waals surface area contributed by atoms with Crippen molar-refractivity contribution in [2.75, 3.05) is 4.90 Å². The molecule has 4 aromatic rings. The molecule has 53 heavy (non-hydrogen) atoms. The topological polar surface area (TPSA) is 101 Å². The van der Waals surface area contributed by atoms with Gasteiger partial charge in [0.25, 0.3) is 0 Å². The summed E-state index contributed by atoms with van der Waals surface area (Å²) in [5.41, 5.74) is 1.30. The van der Waals surface area contributed by atoms with Gasteiger partial charge in [-0.2, -0.15) is 0 Å². The number of carbonyl (C=O) groups excluding carboxylic acids is 4. The Balaban J connectivity index is 1.36. The van der Waals surface area contributed by atoms with Gasteiger partial charge in [-0.25, -0.2) is 0 Å². The van der Waals surface area contributed by atoms with Gasteiger partial charge in [-0.1, -0.05) is 91.4 Å². The number of halogens is 3. The number of amides is 2. The fourth-order valence-electron chi connectivity index (χ4n) is 9.31. The molecule has 2 amide bonds. The zero-order valence-electron chi connectivity index (χ0n) is 28.5. The van der Waals surface area contributed by atoms with E-state index >= 15 is 9.59 Å². The number of anilines is 1. The number of benzene rings is 4. The first-order chi connectivity index (χ1) is 25.4. The van der Waals surface area contributed by atoms with Crippen molar-refractivity contribution < 1.29 is 42.2 Å². The van der Waals surface area contributed by atoms with Crippen LogP contribution in [0.25, 0.3) is 5.57 Å². The van der Waals surface area contributed by atoms with Crippen molar-refractivity contribution in [2.24, 2.45) is 23.7 Å². The van der Waals surface area contributed by atoms with Gasteiger partial charge in [-0.05, 0) is 78.3 Å². The Bertz CT molecular complexity index is 2210. The van der Waals surface area contributed by atoms with E-state index in [4.69, 9.17) is 0 Å². The van der Waals surface area contributed by atoms with Crippen LogP contribution in [-0.4, -0.2) is 34.8 Å². The standard InChI is InChI=1S/C43H34F3NO6/c1-2-24-13-15-27(16-14-24)47-40(51)30-19-18-29-32(37(30)41(47)52)22-34-39(50)31(25-9-5-3-6-10-25)23-36(49)42(34,26-11-7-4-8-12-26)38(29)33-21-28(17-20-35(33)48)53-43(44,45)46/h3-18,20-21,23,30,32,34,37-38,48H,2,19,22H2,1H3/t30-,32+,34-,37-,38+,42-/m0/s1. The summed E-state index contributed by atoms with van der Waals surface area (Å²) in [7, 11) is 0. The number of aryl methyl sites for hydroxylation is 1. The highest BCUT2D eigenvalue weighted by molar-refractivity contribution is 6.32. The Morgan fingerprint density at radius 2 is 1.53 bits per heavy atom. The smallest absolute Gasteiger partial charge is 0.508 e. The minimum Gasteiger partial charge on any atom is -0.508 e. The largest absolute Gasteiger partial charge is 0.573 e. The van der Waals surface area contributed by atoms with Crippen LogP contribution in [-0.2, 0) is 31.0 Å². The number of hydrogen-bond acceptors (Lipinski definition) is 6. The number of allylic oxidation sites excluding steroid dienone is 4. The number of aromatic hydroxyl groups is 1. The summed E-state index contributed by atoms with van der Waals surface area (Å²) in [6, 6.07) is 27.6. The number of Topliss-reactive ketones (excluding diaryl/α,β-unsaturated/α-hetero) is 1. The first-order valence-corrected chi connectivity index (χ1v) is 17.6. The molecule has 2 fully saturated rings. The molecule has 8 rings (SSSR count). The molecule has 0 radical (unpaired) electrons. The van der Waals surface area contributed by atoms with Crippen LogP contribution >= 0.6 is 0 Å². The van der Waals surface area contributed by atoms with Gasteiger partial charge in [0.15, 0.2) is 11.6 Å². The third kappa shape index (κ3) is 5.42. The second-order valence-corrected chi connectivity index (χ2v) is 14.1. The molecular formula is C43H34F3NO6. The third-order valence-electron chi connectivity index (χ3n) is 11.5. The summed E-state index contributed by atoms with van der Waals surface area (Å²) in [5, 5.41) is 11.5. The fourth-order valence-corrected chi connectivity index (χ4v) is 9.31. The van der Waals surface area contributed by atoms with Gasteiger partial charge in [0.05, 0.1) is 22.9 Å². The number of imide groups is 1. The molecule has 1 N–H and O–H groups in total. The first kappa shape index (κ1) is 34.3. The highest BCUT2D eigenvalue weighted by Gasteiger charge is 2.66. The van der Waals surface area contributed by atoms with Crippen LogP contribution in [0.15, 0.2) is 121 Å². The molecule has 0 unspecified atom stereocenters. The SMILES string of the molecule is CCc1ccc(N2C(=O)[C@H]3[C@H](CC=C4[C@H]3C[C@H]3C(=O)C(c5ccccc5)=CC(=O)[C@@]3(c3ccccc3)[C@H]4c3cc(OC(F)(F)F)ccc3O)C2=O)cc1. The van der Waals surface area contributed by atoms with Crippen molar-refractivity contribution in [1.82, 2.24) is 0 Å². The lowest BCUT2D eigenvalue weighted by molar-refractivity contribution is -0.274. The number of carbonyl (C=O) groups is 4. The maximum absolute atomic E-state index is 15.1. The van der Waals surface area contributed by atoms with Crippen LogP contribution in [0.1, 0.15) is 47.9 Å². The number of phenolic OH excluding ortho intramolecular Hbond substituents is 1. The molecule has 1 heterocycles. The molecule has 10 heteroatoms. The summed E-state index contributed by atoms with van der Waals surface area (Å²) in [5.74, 6) is -7.49. The van der Waals surface area contributed by atoms with E-state index in [0.717, 1.165) is 30.2 Å². The first-order valence-electron chi connectivity index (χ1n) is 17.6. The second-order valence-electron chi connectivity index (χ2n) is 14.1. The number of rotatable bonds is 6. The maximum atomic E-state index is 15.1. The van der Waals surface area contributed by atoms with Crippen molar-refractivity contribution in [3.63, 3.8) is 0 Å². The van der Waals surface area contributed by atoms with Gasteiger partial charge in [0.1, 0.15) is 11.5 Å². The molecule has 3 aliphatic carbocycles. The third-order valence-corrected chi connectivity index (χ3v) is 11.5. The summed E-state index contributed by atoms with van der Waals surface area (Å²) < 4.78 is 45.0. The van der Waals surface area contributed by atoms with E-state index < -0.39 is 64.6 Å². The zero-order chi connectivity index (χ0) is 37.2. The number of ketones is 2. The van der Waals surface area contributed by atoms with E-state index in [1.54, 1.807) is 78.9 Å². The number of alkyl halides is 3. The monoisotopic (exact) mass is 717 g/mol. The van der Waals surface area contributed by atoms with Crippen molar-refractivity contribution in [2.45, 2.75) is 43.9 Å². The lowest BCUT2D eigenvalue weighted by Crippen LogP contribution is -2.58. The molecule has 1 aliphatic heterocycles. The van der Waals surface area contributed by atoms with Crippen LogP contribution in [0.3, 0.4) is 0 Å². The highest BCUT2D eigenvalue weighted by atomic mass is 19.4. The van der Waals surface area contributed by atoms with Gasteiger partial charge in [0, 0.05) is 23.0 Å². The summed E-state index contributed by atoms with van der Waals surface area (Å²) in [4.78, 5) is 59.9. The van der Waals surface area contributed by atoms with Crippen LogP contribution in [0, 0.1) is 23.7 Å². The fraction of sp³-hybridized carbons (Fsp3) is 0.256. The minimum absolute atomic E-state index is 0.00821. The molecule has 268 valence electrons. The molecule has 0 aromatic heterocycles. The quantitative estimate of drug-likeness (QED) is 0.161. The van der Waals surface area contributed by atoms with Crippen LogP contribution in [0.2, 0.25) is 0 Å². The normalized spacial score (nSPS) is 26.7. The molecule has 0 spiro atoms. The average Bonchev–Trinajstić information content (AvgIpc) is 3.42. The predicted molar refractivity (Wildman–Crippen MR) is 190 cm³/mol. The van der Waals surface area contributed by atoms with Gasteiger partial charge >= 0.3 is 6.36 Å². The average molecular weight is 718 g/mol. The Hall–Kier alpha value is -5.77. The number of ether oxygens (including phenoxy) is 1. The van der Waals surface area contributed by atoms with Crippen molar-refractivity contribution in [3.8, 4) is 11.5 Å². The van der Waals surface area contributed by atoms with Gasteiger partial charge in [-0.15, -0.1) is 13.2 Å². The number of hydrogen-bond donors (Lipinski definition) is 1. The number of nitrogens with zero attached hydrogens (tertiary/aromatic N) is 1. The van der Waals surface area contributed by atoms with Crippen molar-refractivity contribution in [1.29, 1.82) is 0 Å². The Kier molecular flexibility index (Phi) is 8.24. The van der Waals surface area contributed by atoms with Gasteiger partial charge in [-0.3, -0.25) is 24.1 Å². The number of phenols is 1. The molecule has 1 saturated carbocycles. The summed E-state index contributed by atoms with van der Waals surface area (Å²) >= 11 is 0. The van der Waals surface area contributed by atoms with Crippen LogP contribution in [0.5, 0.6) is 11.5 Å². The number of fused-ring (bicyclic) bond motifs is 4. The summed E-state index contributed by atoms with van der Waals surface area (Å²) in [6.45, 7) is 2.00. The molecule has 7 nitrogen and oxygen atoms in total. The van der Waals surface area contributed by atoms with Gasteiger partial charge in [0.2, 0.25) is 11.8 Å². The Morgan fingerprint density at radius 1 is 0.849 bits per heavy atom. The lowest BCUT2D eigenvalue weighted by Gasteiger charge is -2.55.